The number of carbonyl (C=O) groups is 1. The summed E-state index contributed by atoms with van der Waals surface area (Å²) in [6.45, 7) is 1.16. The van der Waals surface area contributed by atoms with Gasteiger partial charge in [-0.15, -0.1) is 11.8 Å². The van der Waals surface area contributed by atoms with Crippen molar-refractivity contribution in [3.05, 3.63) is 29.8 Å². The van der Waals surface area contributed by atoms with Crippen molar-refractivity contribution in [2.75, 3.05) is 13.2 Å². The van der Waals surface area contributed by atoms with Crippen LogP contribution in [0.15, 0.2) is 29.2 Å². The average Bonchev–Trinajstić information content (AvgIpc) is 2.81. The number of aliphatic carboxylic acids is 1. The average molecular weight is 278 g/mol. The maximum atomic E-state index is 11.7. The predicted molar refractivity (Wildman–Crippen MR) is 74.5 cm³/mol. The summed E-state index contributed by atoms with van der Waals surface area (Å²) in [6.07, 6.45) is 3.05. The zero-order chi connectivity index (χ0) is 13.3. The maximum Gasteiger partial charge on any atom is 0.309 e. The third-order valence-corrected chi connectivity index (χ3v) is 5.55. The fourth-order valence-electron chi connectivity index (χ4n) is 3.07. The van der Waals surface area contributed by atoms with Crippen LogP contribution in [0.25, 0.3) is 0 Å². The van der Waals surface area contributed by atoms with Gasteiger partial charge in [-0.1, -0.05) is 18.2 Å². The van der Waals surface area contributed by atoms with Crippen molar-refractivity contribution in [3.8, 4) is 0 Å². The number of carboxylic acid groups (broad SMARTS) is 1. The lowest BCUT2D eigenvalue weighted by Gasteiger charge is -2.34. The summed E-state index contributed by atoms with van der Waals surface area (Å²) in [5, 5.41) is 10.00. The summed E-state index contributed by atoms with van der Waals surface area (Å²) in [4.78, 5) is 13.0. The van der Waals surface area contributed by atoms with Gasteiger partial charge >= 0.3 is 5.97 Å². The zero-order valence-corrected chi connectivity index (χ0v) is 11.6. The Labute approximate surface area is 117 Å². The molecule has 0 bridgehead atoms. The molecule has 3 nitrogen and oxygen atoms in total. The molecule has 1 aromatic carbocycles. The van der Waals surface area contributed by atoms with Crippen molar-refractivity contribution >= 4 is 17.7 Å². The Morgan fingerprint density at radius 3 is 2.79 bits per heavy atom. The van der Waals surface area contributed by atoms with Gasteiger partial charge in [-0.3, -0.25) is 4.79 Å². The van der Waals surface area contributed by atoms with Crippen molar-refractivity contribution in [1.29, 1.82) is 0 Å². The Morgan fingerprint density at radius 2 is 2.11 bits per heavy atom. The molecule has 1 fully saturated rings. The maximum absolute atomic E-state index is 11.7. The minimum atomic E-state index is -0.646. The van der Waals surface area contributed by atoms with Gasteiger partial charge in [0.15, 0.2) is 0 Å². The Morgan fingerprint density at radius 1 is 1.37 bits per heavy atom. The molecule has 0 aromatic heterocycles. The van der Waals surface area contributed by atoms with Crippen LogP contribution in [0.5, 0.6) is 0 Å². The Bertz CT molecular complexity index is 455. The molecule has 2 heterocycles. The Hall–Kier alpha value is -1.00. The van der Waals surface area contributed by atoms with Gasteiger partial charge in [0.25, 0.3) is 0 Å². The molecule has 0 radical (unpaired) electrons. The molecule has 1 N–H and O–H groups in total. The van der Waals surface area contributed by atoms with Crippen LogP contribution in [-0.2, 0) is 16.0 Å². The Kier molecular flexibility index (Phi) is 3.54. The van der Waals surface area contributed by atoms with E-state index in [-0.39, 0.29) is 0 Å². The van der Waals surface area contributed by atoms with Crippen LogP contribution in [0.4, 0.5) is 0 Å². The topological polar surface area (TPSA) is 46.5 Å². The summed E-state index contributed by atoms with van der Waals surface area (Å²) in [5.41, 5.74) is 0.794. The number of ether oxygens (including phenoxy) is 1. The van der Waals surface area contributed by atoms with Gasteiger partial charge in [0.2, 0.25) is 0 Å². The minimum absolute atomic E-state index is 0.395. The van der Waals surface area contributed by atoms with E-state index in [0.29, 0.717) is 31.3 Å². The molecule has 102 valence electrons. The SMILES string of the molecule is O=C(O)C1(CC2Cc3ccccc3S2)CCOCC1. The van der Waals surface area contributed by atoms with Crippen molar-refractivity contribution < 1.29 is 14.6 Å². The van der Waals surface area contributed by atoms with Crippen LogP contribution in [0.2, 0.25) is 0 Å². The molecule has 1 unspecified atom stereocenters. The van der Waals surface area contributed by atoms with Gasteiger partial charge in [0.05, 0.1) is 5.41 Å². The number of carboxylic acids is 1. The number of hydrogen-bond donors (Lipinski definition) is 1. The lowest BCUT2D eigenvalue weighted by Crippen LogP contribution is -2.39. The van der Waals surface area contributed by atoms with E-state index in [9.17, 15) is 9.90 Å². The molecule has 19 heavy (non-hydrogen) atoms. The summed E-state index contributed by atoms with van der Waals surface area (Å²) < 4.78 is 5.33. The van der Waals surface area contributed by atoms with E-state index in [1.54, 1.807) is 0 Å². The van der Waals surface area contributed by atoms with Crippen LogP contribution >= 0.6 is 11.8 Å². The van der Waals surface area contributed by atoms with E-state index in [1.807, 2.05) is 11.8 Å². The first-order valence-corrected chi connectivity index (χ1v) is 7.63. The molecule has 0 aliphatic carbocycles. The molecule has 2 aliphatic rings. The third-order valence-electron chi connectivity index (χ3n) is 4.24. The van der Waals surface area contributed by atoms with Crippen molar-refractivity contribution in [2.45, 2.75) is 35.8 Å². The highest BCUT2D eigenvalue weighted by Gasteiger charge is 2.43. The molecule has 1 saturated heterocycles. The van der Waals surface area contributed by atoms with Gasteiger partial charge in [0, 0.05) is 23.4 Å². The van der Waals surface area contributed by atoms with Crippen molar-refractivity contribution in [3.63, 3.8) is 0 Å². The van der Waals surface area contributed by atoms with E-state index in [4.69, 9.17) is 4.74 Å². The van der Waals surface area contributed by atoms with Gasteiger partial charge < -0.3 is 9.84 Å². The van der Waals surface area contributed by atoms with Gasteiger partial charge in [-0.05, 0) is 37.3 Å². The fourth-order valence-corrected chi connectivity index (χ4v) is 4.56. The van der Waals surface area contributed by atoms with Gasteiger partial charge in [0.1, 0.15) is 0 Å². The molecular formula is C15H18O3S. The normalized spacial score (nSPS) is 24.9. The Balaban J connectivity index is 1.73. The highest BCUT2D eigenvalue weighted by molar-refractivity contribution is 8.00. The quantitative estimate of drug-likeness (QED) is 0.923. The summed E-state index contributed by atoms with van der Waals surface area (Å²) >= 11 is 1.84. The molecule has 4 heteroatoms. The predicted octanol–water partition coefficient (Wildman–Crippen LogP) is 2.97. The first kappa shape index (κ1) is 13.0. The standard InChI is InChI=1S/C15H18O3S/c16-14(17)15(5-7-18-8-6-15)10-12-9-11-3-1-2-4-13(11)19-12/h1-4,12H,5-10H2,(H,16,17). The molecule has 1 atom stereocenters. The minimum Gasteiger partial charge on any atom is -0.481 e. The lowest BCUT2D eigenvalue weighted by atomic mass is 9.76. The largest absolute Gasteiger partial charge is 0.481 e. The van der Waals surface area contributed by atoms with E-state index in [2.05, 4.69) is 24.3 Å². The second-order valence-electron chi connectivity index (χ2n) is 5.45. The van der Waals surface area contributed by atoms with E-state index in [1.165, 1.54) is 10.5 Å². The van der Waals surface area contributed by atoms with E-state index >= 15 is 0 Å². The first-order chi connectivity index (χ1) is 9.20. The van der Waals surface area contributed by atoms with Crippen LogP contribution in [-0.4, -0.2) is 29.5 Å². The summed E-state index contributed by atoms with van der Waals surface area (Å²) in [5.74, 6) is -0.646. The second kappa shape index (κ2) is 5.17. The van der Waals surface area contributed by atoms with Crippen LogP contribution in [0, 0.1) is 5.41 Å². The smallest absolute Gasteiger partial charge is 0.309 e. The molecule has 0 amide bonds. The number of thioether (sulfide) groups is 1. The highest BCUT2D eigenvalue weighted by atomic mass is 32.2. The fraction of sp³-hybridized carbons (Fsp3) is 0.533. The van der Waals surface area contributed by atoms with E-state index in [0.717, 1.165) is 12.8 Å². The number of fused-ring (bicyclic) bond motifs is 1. The van der Waals surface area contributed by atoms with Crippen molar-refractivity contribution in [2.24, 2.45) is 5.41 Å². The second-order valence-corrected chi connectivity index (χ2v) is 6.80. The van der Waals surface area contributed by atoms with Gasteiger partial charge in [-0.2, -0.15) is 0 Å². The van der Waals surface area contributed by atoms with Crippen molar-refractivity contribution in [1.82, 2.24) is 0 Å². The molecule has 3 rings (SSSR count). The molecular weight excluding hydrogens is 260 g/mol. The molecule has 0 spiro atoms. The molecule has 0 saturated carbocycles. The number of rotatable bonds is 3. The number of benzene rings is 1. The molecule has 2 aliphatic heterocycles. The zero-order valence-electron chi connectivity index (χ0n) is 10.8. The van der Waals surface area contributed by atoms with Gasteiger partial charge in [-0.25, -0.2) is 0 Å². The monoisotopic (exact) mass is 278 g/mol. The summed E-state index contributed by atoms with van der Waals surface area (Å²) in [7, 11) is 0. The molecule has 1 aromatic rings. The number of hydrogen-bond acceptors (Lipinski definition) is 3. The van der Waals surface area contributed by atoms with Crippen LogP contribution in [0.3, 0.4) is 0 Å². The van der Waals surface area contributed by atoms with E-state index < -0.39 is 11.4 Å². The van der Waals surface area contributed by atoms with Crippen LogP contribution in [0.1, 0.15) is 24.8 Å². The summed E-state index contributed by atoms with van der Waals surface area (Å²) in [6, 6.07) is 8.40. The third kappa shape index (κ3) is 2.51. The lowest BCUT2D eigenvalue weighted by molar-refractivity contribution is -0.155. The van der Waals surface area contributed by atoms with Crippen LogP contribution < -0.4 is 0 Å². The first-order valence-electron chi connectivity index (χ1n) is 6.75. The highest BCUT2D eigenvalue weighted by Crippen LogP contribution is 2.45.